The monoisotopic (exact) mass is 384 g/mol. The van der Waals surface area contributed by atoms with Gasteiger partial charge in [0.25, 0.3) is 0 Å². The van der Waals surface area contributed by atoms with Crippen LogP contribution in [0, 0.1) is 5.92 Å². The molecule has 0 saturated carbocycles. The molecule has 1 aromatic heterocycles. The molecule has 2 aromatic rings. The van der Waals surface area contributed by atoms with Gasteiger partial charge in [0.2, 0.25) is 11.8 Å². The van der Waals surface area contributed by atoms with Crippen LogP contribution in [0.4, 0.5) is 0 Å². The Morgan fingerprint density at radius 3 is 2.59 bits per heavy atom. The maximum absolute atomic E-state index is 13.4. The van der Waals surface area contributed by atoms with Crippen LogP contribution >= 0.6 is 11.3 Å². The summed E-state index contributed by atoms with van der Waals surface area (Å²) in [4.78, 5) is 27.8. The second-order valence-electron chi connectivity index (χ2n) is 7.84. The number of likely N-dealkylation sites (tertiary alicyclic amines) is 1. The zero-order valence-corrected chi connectivity index (χ0v) is 17.0. The number of amides is 2. The Morgan fingerprint density at radius 1 is 1.22 bits per heavy atom. The average Bonchev–Trinajstić information content (AvgIpc) is 3.29. The minimum absolute atomic E-state index is 0.0106. The Bertz CT molecular complexity index is 758. The molecule has 0 spiro atoms. The van der Waals surface area contributed by atoms with Crippen molar-refractivity contribution in [2.45, 2.75) is 51.6 Å². The molecule has 4 nitrogen and oxygen atoms in total. The molecule has 3 rings (SSSR count). The van der Waals surface area contributed by atoms with Gasteiger partial charge in [-0.05, 0) is 47.2 Å². The predicted molar refractivity (Wildman–Crippen MR) is 110 cm³/mol. The summed E-state index contributed by atoms with van der Waals surface area (Å²) in [5, 5.41) is 7.24. The van der Waals surface area contributed by atoms with Gasteiger partial charge in [-0.25, -0.2) is 0 Å². The van der Waals surface area contributed by atoms with Gasteiger partial charge in [-0.15, -0.1) is 0 Å². The lowest BCUT2D eigenvalue weighted by Gasteiger charge is -2.28. The van der Waals surface area contributed by atoms with Crippen molar-refractivity contribution in [3.63, 3.8) is 0 Å². The van der Waals surface area contributed by atoms with Crippen molar-refractivity contribution in [3.8, 4) is 0 Å². The van der Waals surface area contributed by atoms with Crippen LogP contribution in [0.1, 0.15) is 56.7 Å². The summed E-state index contributed by atoms with van der Waals surface area (Å²) in [6, 6.07) is 11.3. The quantitative estimate of drug-likeness (QED) is 0.805. The molecule has 1 fully saturated rings. The second kappa shape index (κ2) is 8.70. The van der Waals surface area contributed by atoms with E-state index in [0.717, 1.165) is 12.0 Å². The van der Waals surface area contributed by atoms with E-state index >= 15 is 0 Å². The van der Waals surface area contributed by atoms with Crippen LogP contribution in [0.15, 0.2) is 47.2 Å². The minimum atomic E-state index is -0.624. The maximum Gasteiger partial charge on any atom is 0.250 e. The molecule has 1 aromatic carbocycles. The van der Waals surface area contributed by atoms with Crippen molar-refractivity contribution in [3.05, 3.63) is 58.3 Å². The molecular weight excluding hydrogens is 356 g/mol. The van der Waals surface area contributed by atoms with E-state index in [1.807, 2.05) is 49.1 Å². The lowest BCUT2D eigenvalue weighted by Crippen LogP contribution is -2.44. The molecule has 1 aliphatic rings. The molecule has 3 unspecified atom stereocenters. The van der Waals surface area contributed by atoms with Crippen molar-refractivity contribution in [1.29, 1.82) is 0 Å². The van der Waals surface area contributed by atoms with Crippen molar-refractivity contribution in [1.82, 2.24) is 10.2 Å². The van der Waals surface area contributed by atoms with Crippen molar-refractivity contribution in [2.75, 3.05) is 6.54 Å². The van der Waals surface area contributed by atoms with E-state index in [1.54, 1.807) is 11.3 Å². The Balaban J connectivity index is 1.79. The van der Waals surface area contributed by atoms with Crippen LogP contribution in [0.3, 0.4) is 0 Å². The van der Waals surface area contributed by atoms with Crippen LogP contribution in [-0.2, 0) is 9.59 Å². The number of hydrogen-bond acceptors (Lipinski definition) is 3. The van der Waals surface area contributed by atoms with Gasteiger partial charge in [0.15, 0.2) is 0 Å². The van der Waals surface area contributed by atoms with Gasteiger partial charge in [0.1, 0.15) is 6.04 Å². The molecule has 2 amide bonds. The molecule has 5 heteroatoms. The zero-order valence-electron chi connectivity index (χ0n) is 16.2. The van der Waals surface area contributed by atoms with Crippen LogP contribution in [-0.4, -0.2) is 29.3 Å². The predicted octanol–water partition coefficient (Wildman–Crippen LogP) is 4.36. The fourth-order valence-corrected chi connectivity index (χ4v) is 4.52. The Kier molecular flexibility index (Phi) is 6.32. The number of hydrogen-bond donors (Lipinski definition) is 1. The average molecular weight is 385 g/mol. The largest absolute Gasteiger partial charge is 0.341 e. The van der Waals surface area contributed by atoms with Crippen LogP contribution in [0.2, 0.25) is 0 Å². The molecule has 1 saturated heterocycles. The number of rotatable bonds is 6. The highest BCUT2D eigenvalue weighted by Crippen LogP contribution is 2.34. The molecule has 144 valence electrons. The number of nitrogens with one attached hydrogen (secondary N) is 1. The summed E-state index contributed by atoms with van der Waals surface area (Å²) < 4.78 is 0. The number of nitrogens with zero attached hydrogens (tertiary/aromatic N) is 1. The van der Waals surface area contributed by atoms with Gasteiger partial charge in [-0.2, -0.15) is 11.3 Å². The maximum atomic E-state index is 13.4. The van der Waals surface area contributed by atoms with E-state index in [4.69, 9.17) is 0 Å². The van der Waals surface area contributed by atoms with Gasteiger partial charge >= 0.3 is 0 Å². The highest BCUT2D eigenvalue weighted by atomic mass is 32.1. The molecule has 3 atom stereocenters. The van der Waals surface area contributed by atoms with Crippen molar-refractivity contribution in [2.24, 2.45) is 5.92 Å². The zero-order chi connectivity index (χ0) is 19.4. The van der Waals surface area contributed by atoms with E-state index in [9.17, 15) is 9.59 Å². The van der Waals surface area contributed by atoms with E-state index in [0.29, 0.717) is 18.9 Å². The SMILES string of the molecule is CC(C)CC(=O)NC(C(=O)N1CC(c2ccsc2)CC1C)c1ccccc1. The highest BCUT2D eigenvalue weighted by molar-refractivity contribution is 7.08. The lowest BCUT2D eigenvalue weighted by atomic mass is 10.00. The van der Waals surface area contributed by atoms with E-state index in [2.05, 4.69) is 29.1 Å². The Labute approximate surface area is 165 Å². The molecule has 27 heavy (non-hydrogen) atoms. The first-order valence-electron chi connectivity index (χ1n) is 9.62. The standard InChI is InChI=1S/C22H28N2O2S/c1-15(2)11-20(25)23-21(17-7-5-4-6-8-17)22(26)24-13-19(12-16(24)3)18-9-10-27-14-18/h4-10,14-16,19,21H,11-13H2,1-3H3,(H,23,25). The van der Waals surface area contributed by atoms with Crippen LogP contribution in [0.5, 0.6) is 0 Å². The second-order valence-corrected chi connectivity index (χ2v) is 8.62. The first-order valence-corrected chi connectivity index (χ1v) is 10.6. The third kappa shape index (κ3) is 4.78. The van der Waals surface area contributed by atoms with Gasteiger partial charge in [-0.1, -0.05) is 44.2 Å². The van der Waals surface area contributed by atoms with E-state index in [-0.39, 0.29) is 23.8 Å². The number of thiophene rings is 1. The normalized spacial score (nSPS) is 20.7. The van der Waals surface area contributed by atoms with Gasteiger partial charge < -0.3 is 10.2 Å². The van der Waals surface area contributed by atoms with Crippen molar-refractivity contribution >= 4 is 23.2 Å². The first kappa shape index (κ1) is 19.6. The number of carbonyl (C=O) groups is 2. The number of benzene rings is 1. The summed E-state index contributed by atoms with van der Waals surface area (Å²) in [6.45, 7) is 6.82. The topological polar surface area (TPSA) is 49.4 Å². The molecule has 0 radical (unpaired) electrons. The van der Waals surface area contributed by atoms with Crippen LogP contribution in [0.25, 0.3) is 0 Å². The molecule has 1 N–H and O–H groups in total. The van der Waals surface area contributed by atoms with Gasteiger partial charge in [0, 0.05) is 24.9 Å². The Hall–Kier alpha value is -2.14. The molecule has 1 aliphatic heterocycles. The summed E-state index contributed by atoms with van der Waals surface area (Å²) >= 11 is 1.69. The molecule has 0 aliphatic carbocycles. The van der Waals surface area contributed by atoms with Gasteiger partial charge in [-0.3, -0.25) is 9.59 Å². The third-order valence-corrected chi connectivity index (χ3v) is 5.85. The molecular formula is C22H28N2O2S. The Morgan fingerprint density at radius 2 is 1.96 bits per heavy atom. The highest BCUT2D eigenvalue weighted by Gasteiger charge is 2.37. The molecule has 0 bridgehead atoms. The smallest absolute Gasteiger partial charge is 0.250 e. The van der Waals surface area contributed by atoms with Crippen molar-refractivity contribution < 1.29 is 9.59 Å². The number of carbonyl (C=O) groups excluding carboxylic acids is 2. The fourth-order valence-electron chi connectivity index (χ4n) is 3.78. The lowest BCUT2D eigenvalue weighted by molar-refractivity contribution is -0.137. The molecule has 2 heterocycles. The minimum Gasteiger partial charge on any atom is -0.341 e. The fraction of sp³-hybridized carbons (Fsp3) is 0.455. The van der Waals surface area contributed by atoms with E-state index in [1.165, 1.54) is 5.56 Å². The summed E-state index contributed by atoms with van der Waals surface area (Å²) in [5.74, 6) is 0.542. The summed E-state index contributed by atoms with van der Waals surface area (Å²) in [6.07, 6.45) is 1.38. The first-order chi connectivity index (χ1) is 13.0. The van der Waals surface area contributed by atoms with Crippen LogP contribution < -0.4 is 5.32 Å². The summed E-state index contributed by atoms with van der Waals surface area (Å²) in [7, 11) is 0. The van der Waals surface area contributed by atoms with E-state index < -0.39 is 6.04 Å². The van der Waals surface area contributed by atoms with Gasteiger partial charge in [0.05, 0.1) is 0 Å². The summed E-state index contributed by atoms with van der Waals surface area (Å²) in [5.41, 5.74) is 2.15. The third-order valence-electron chi connectivity index (χ3n) is 5.15.